The van der Waals surface area contributed by atoms with E-state index in [1.54, 1.807) is 0 Å². The molecule has 0 bridgehead atoms. The molecule has 1 saturated heterocycles. The second-order valence-corrected chi connectivity index (χ2v) is 15.5. The highest BCUT2D eigenvalue weighted by Crippen LogP contribution is 2.15. The largest absolute Gasteiger partial charge is 0.464 e. The van der Waals surface area contributed by atoms with Gasteiger partial charge in [-0.25, -0.2) is 0 Å². The maximum atomic E-state index is 12.2. The quantitative estimate of drug-likeness (QED) is 0.0470. The zero-order valence-electron chi connectivity index (χ0n) is 33.8. The Labute approximate surface area is 311 Å². The van der Waals surface area contributed by atoms with Crippen molar-refractivity contribution in [3.63, 3.8) is 0 Å². The van der Waals surface area contributed by atoms with E-state index in [0.29, 0.717) is 26.1 Å². The summed E-state index contributed by atoms with van der Waals surface area (Å²) < 4.78 is 11.0. The van der Waals surface area contributed by atoms with Crippen molar-refractivity contribution < 1.29 is 19.1 Å². The van der Waals surface area contributed by atoms with Gasteiger partial charge in [0.25, 0.3) is 0 Å². The molecule has 0 spiro atoms. The van der Waals surface area contributed by atoms with Crippen molar-refractivity contribution in [2.75, 3.05) is 52.5 Å². The molecule has 0 atom stereocenters. The summed E-state index contributed by atoms with van der Waals surface area (Å²) in [5, 5.41) is 0. The zero-order chi connectivity index (χ0) is 36.0. The van der Waals surface area contributed by atoms with Crippen molar-refractivity contribution in [2.45, 2.75) is 219 Å². The Morgan fingerprint density at radius 1 is 0.360 bits per heavy atom. The van der Waals surface area contributed by atoms with E-state index in [9.17, 15) is 9.59 Å². The molecule has 0 saturated carbocycles. The van der Waals surface area contributed by atoms with Gasteiger partial charge < -0.3 is 9.47 Å². The summed E-state index contributed by atoms with van der Waals surface area (Å²) in [5.74, 6) is -0.0750. The molecule has 0 N–H and O–H groups in total. The molecule has 0 aliphatic carbocycles. The van der Waals surface area contributed by atoms with Crippen molar-refractivity contribution in [3.8, 4) is 0 Å². The van der Waals surface area contributed by atoms with Crippen molar-refractivity contribution in [2.24, 2.45) is 0 Å². The smallest absolute Gasteiger partial charge is 0.305 e. The monoisotopic (exact) mass is 707 g/mol. The Balaban J connectivity index is 1.81. The molecule has 6 nitrogen and oxygen atoms in total. The number of carbonyl (C=O) groups is 2. The van der Waals surface area contributed by atoms with Gasteiger partial charge in [-0.15, -0.1) is 0 Å². The van der Waals surface area contributed by atoms with Gasteiger partial charge in [0.2, 0.25) is 0 Å². The predicted octanol–water partition coefficient (Wildman–Crippen LogP) is 12.2. The second-order valence-electron chi connectivity index (χ2n) is 15.5. The molecule has 1 rings (SSSR count). The molecule has 1 fully saturated rings. The molecule has 0 aromatic rings. The van der Waals surface area contributed by atoms with Crippen LogP contribution in [0.4, 0.5) is 0 Å². The summed E-state index contributed by atoms with van der Waals surface area (Å²) in [6, 6.07) is 0. The Morgan fingerprint density at radius 3 is 0.820 bits per heavy atom. The van der Waals surface area contributed by atoms with Gasteiger partial charge in [0, 0.05) is 52.1 Å². The van der Waals surface area contributed by atoms with Crippen molar-refractivity contribution in [1.29, 1.82) is 0 Å². The molecule has 50 heavy (non-hydrogen) atoms. The lowest BCUT2D eigenvalue weighted by Gasteiger charge is -2.34. The van der Waals surface area contributed by atoms with Crippen LogP contribution in [0.15, 0.2) is 0 Å². The van der Waals surface area contributed by atoms with Crippen LogP contribution in [-0.4, -0.2) is 74.2 Å². The van der Waals surface area contributed by atoms with Crippen LogP contribution in [0.2, 0.25) is 0 Å². The lowest BCUT2D eigenvalue weighted by molar-refractivity contribution is -0.145. The van der Waals surface area contributed by atoms with E-state index in [0.717, 1.165) is 65.0 Å². The first-order valence-electron chi connectivity index (χ1n) is 22.4. The molecule has 1 aliphatic heterocycles. The maximum absolute atomic E-state index is 12.2. The van der Waals surface area contributed by atoms with Crippen LogP contribution in [0, 0.1) is 0 Å². The average molecular weight is 707 g/mol. The SMILES string of the molecule is CCCCCCCCCCCCCCCCCC(=O)OCCN1CCN(CCOC(=O)CCCCCCCCCCCCCCCCC)CC1. The molecule has 0 aromatic heterocycles. The summed E-state index contributed by atoms with van der Waals surface area (Å²) in [5.41, 5.74) is 0. The molecule has 296 valence electrons. The summed E-state index contributed by atoms with van der Waals surface area (Å²) in [6.07, 6.45) is 41.2. The van der Waals surface area contributed by atoms with Gasteiger partial charge in [-0.1, -0.05) is 194 Å². The van der Waals surface area contributed by atoms with Crippen molar-refractivity contribution >= 4 is 11.9 Å². The van der Waals surface area contributed by atoms with E-state index < -0.39 is 0 Å². The minimum atomic E-state index is -0.0375. The summed E-state index contributed by atoms with van der Waals surface area (Å²) in [6.45, 7) is 11.1. The van der Waals surface area contributed by atoms with Crippen LogP contribution < -0.4 is 0 Å². The number of ether oxygens (including phenoxy) is 2. The second kappa shape index (κ2) is 37.6. The third-order valence-electron chi connectivity index (χ3n) is 10.8. The molecule has 0 amide bonds. The Hall–Kier alpha value is -1.14. The minimum absolute atomic E-state index is 0.0375. The molecular formula is C44H86N2O4. The van der Waals surface area contributed by atoms with Gasteiger partial charge >= 0.3 is 11.9 Å². The minimum Gasteiger partial charge on any atom is -0.464 e. The van der Waals surface area contributed by atoms with Gasteiger partial charge in [-0.05, 0) is 12.8 Å². The maximum Gasteiger partial charge on any atom is 0.305 e. The highest BCUT2D eigenvalue weighted by atomic mass is 16.5. The Kier molecular flexibility index (Phi) is 35.3. The molecule has 1 aliphatic rings. The first-order chi connectivity index (χ1) is 24.7. The number of esters is 2. The predicted molar refractivity (Wildman–Crippen MR) is 214 cm³/mol. The van der Waals surface area contributed by atoms with Gasteiger partial charge in [0.15, 0.2) is 0 Å². The van der Waals surface area contributed by atoms with Crippen LogP contribution in [0.1, 0.15) is 219 Å². The van der Waals surface area contributed by atoms with E-state index in [-0.39, 0.29) is 11.9 Å². The Morgan fingerprint density at radius 2 is 0.580 bits per heavy atom. The van der Waals surface area contributed by atoms with Gasteiger partial charge in [-0.3, -0.25) is 19.4 Å². The summed E-state index contributed by atoms with van der Waals surface area (Å²) in [4.78, 5) is 29.1. The molecule has 1 heterocycles. The van der Waals surface area contributed by atoms with Gasteiger partial charge in [-0.2, -0.15) is 0 Å². The normalized spacial score (nSPS) is 14.0. The number of nitrogens with zero attached hydrogens (tertiary/aromatic N) is 2. The van der Waals surface area contributed by atoms with E-state index >= 15 is 0 Å². The molecule has 0 aromatic carbocycles. The van der Waals surface area contributed by atoms with E-state index in [4.69, 9.17) is 9.47 Å². The number of hydrogen-bond donors (Lipinski definition) is 0. The van der Waals surface area contributed by atoms with E-state index in [1.807, 2.05) is 0 Å². The third-order valence-corrected chi connectivity index (χ3v) is 10.8. The molecule has 6 heteroatoms. The number of hydrogen-bond acceptors (Lipinski definition) is 6. The standard InChI is InChI=1S/C44H86N2O4/c1-3-5-7-9-11-13-15-17-19-21-23-25-27-29-31-33-43(47)49-41-39-45-35-37-46(38-36-45)40-42-50-44(48)34-32-30-28-26-24-22-20-18-16-14-12-10-8-6-4-2/h3-42H2,1-2H3. The first kappa shape index (κ1) is 46.9. The van der Waals surface area contributed by atoms with Crippen molar-refractivity contribution in [3.05, 3.63) is 0 Å². The van der Waals surface area contributed by atoms with Crippen LogP contribution in [0.3, 0.4) is 0 Å². The fourth-order valence-corrected chi connectivity index (χ4v) is 7.24. The van der Waals surface area contributed by atoms with Crippen molar-refractivity contribution in [1.82, 2.24) is 9.80 Å². The molecular weight excluding hydrogens is 620 g/mol. The third kappa shape index (κ3) is 32.7. The zero-order valence-corrected chi connectivity index (χ0v) is 33.8. The van der Waals surface area contributed by atoms with Gasteiger partial charge in [0.05, 0.1) is 0 Å². The lowest BCUT2D eigenvalue weighted by Crippen LogP contribution is -2.48. The van der Waals surface area contributed by atoms with Crippen LogP contribution >= 0.6 is 0 Å². The highest BCUT2D eigenvalue weighted by molar-refractivity contribution is 5.69. The topological polar surface area (TPSA) is 59.1 Å². The summed E-state index contributed by atoms with van der Waals surface area (Å²) >= 11 is 0. The fourth-order valence-electron chi connectivity index (χ4n) is 7.24. The average Bonchev–Trinajstić information content (AvgIpc) is 3.12. The highest BCUT2D eigenvalue weighted by Gasteiger charge is 2.17. The molecule has 0 radical (unpaired) electrons. The van der Waals surface area contributed by atoms with Gasteiger partial charge in [0.1, 0.15) is 13.2 Å². The number of piperazine rings is 1. The van der Waals surface area contributed by atoms with Crippen LogP contribution in [0.25, 0.3) is 0 Å². The van der Waals surface area contributed by atoms with E-state index in [2.05, 4.69) is 23.6 Å². The Bertz CT molecular complexity index is 665. The number of carbonyl (C=O) groups excluding carboxylic acids is 2. The van der Waals surface area contributed by atoms with Crippen LogP contribution in [-0.2, 0) is 19.1 Å². The van der Waals surface area contributed by atoms with Crippen LogP contribution in [0.5, 0.6) is 0 Å². The fraction of sp³-hybridized carbons (Fsp3) is 0.955. The lowest BCUT2D eigenvalue weighted by atomic mass is 10.0. The molecule has 0 unspecified atom stereocenters. The number of rotatable bonds is 38. The number of unbranched alkanes of at least 4 members (excludes halogenated alkanes) is 28. The summed E-state index contributed by atoms with van der Waals surface area (Å²) in [7, 11) is 0. The van der Waals surface area contributed by atoms with E-state index in [1.165, 1.54) is 167 Å². The first-order valence-corrected chi connectivity index (χ1v) is 22.4.